The maximum Gasteiger partial charge on any atom is 0.306 e. The van der Waals surface area contributed by atoms with E-state index in [0.717, 1.165) is 89.9 Å². The van der Waals surface area contributed by atoms with Gasteiger partial charge in [0.1, 0.15) is 12.6 Å². The van der Waals surface area contributed by atoms with E-state index in [2.05, 4.69) is 98.9 Å². The summed E-state index contributed by atoms with van der Waals surface area (Å²) in [5.41, 5.74) is 0. The van der Waals surface area contributed by atoms with Crippen molar-refractivity contribution >= 4 is 17.9 Å². The van der Waals surface area contributed by atoms with E-state index in [1.54, 1.807) is 21.1 Å². The Morgan fingerprint density at radius 1 is 0.463 bits per heavy atom. The SMILES string of the molecule is CC/C=C/C/C=C/C/C=C/C/C=C/C/C=C/C/C=C/CCCCCCC(=O)OCC(COCCC(C(=O)[O-])[N+](C)(C)C)OC(=O)CCCCCCCCC/C=C/CCCCCCCCCCC. The number of hydrogen-bond donors (Lipinski definition) is 0. The van der Waals surface area contributed by atoms with Gasteiger partial charge in [-0.3, -0.25) is 9.59 Å². The van der Waals surface area contributed by atoms with Crippen LogP contribution in [-0.2, 0) is 28.6 Å². The van der Waals surface area contributed by atoms with Gasteiger partial charge in [-0.1, -0.05) is 195 Å². The molecular weight excluding hydrogens is 835 g/mol. The molecule has 0 aliphatic rings. The number of carbonyl (C=O) groups is 3. The highest BCUT2D eigenvalue weighted by atomic mass is 16.6. The van der Waals surface area contributed by atoms with Crippen LogP contribution in [0, 0.1) is 0 Å². The summed E-state index contributed by atoms with van der Waals surface area (Å²) in [4.78, 5) is 37.1. The number of carboxylic acids is 1. The Morgan fingerprint density at radius 3 is 1.25 bits per heavy atom. The van der Waals surface area contributed by atoms with Crippen LogP contribution in [0.2, 0.25) is 0 Å². The molecule has 0 aliphatic carbocycles. The van der Waals surface area contributed by atoms with Gasteiger partial charge in [0.25, 0.3) is 0 Å². The third-order valence-corrected chi connectivity index (χ3v) is 11.8. The average Bonchev–Trinajstić information content (AvgIpc) is 3.29. The molecule has 8 nitrogen and oxygen atoms in total. The number of allylic oxidation sites excluding steroid dienone is 14. The number of carboxylic acid groups (broad SMARTS) is 1. The van der Waals surface area contributed by atoms with E-state index in [0.29, 0.717) is 12.8 Å². The molecule has 384 valence electrons. The molecule has 0 heterocycles. The maximum absolute atomic E-state index is 12.8. The summed E-state index contributed by atoms with van der Waals surface area (Å²) in [5, 5.41) is 11.7. The first-order valence-corrected chi connectivity index (χ1v) is 27.1. The summed E-state index contributed by atoms with van der Waals surface area (Å²) >= 11 is 0. The van der Waals surface area contributed by atoms with Crippen LogP contribution < -0.4 is 5.11 Å². The predicted octanol–water partition coefficient (Wildman–Crippen LogP) is 14.7. The molecule has 0 bridgehead atoms. The Morgan fingerprint density at radius 2 is 0.836 bits per heavy atom. The summed E-state index contributed by atoms with van der Waals surface area (Å²) in [5.74, 6) is -1.77. The number of aliphatic carboxylic acids is 1. The number of nitrogens with zero attached hydrogens (tertiary/aromatic N) is 1. The predicted molar refractivity (Wildman–Crippen MR) is 282 cm³/mol. The van der Waals surface area contributed by atoms with E-state index >= 15 is 0 Å². The second-order valence-corrected chi connectivity index (χ2v) is 19.1. The van der Waals surface area contributed by atoms with E-state index in [1.165, 1.54) is 96.3 Å². The molecule has 0 amide bonds. The van der Waals surface area contributed by atoms with Gasteiger partial charge in [0, 0.05) is 19.3 Å². The standard InChI is InChI=1S/C59H101NO7/c1-6-8-10-12-14-16-18-20-22-24-26-28-29-30-32-33-35-37-39-41-43-45-47-49-57(61)66-54-55(53-65-52-51-56(59(63)64)60(3,4)5)67-58(62)50-48-46-44-42-40-38-36-34-31-27-25-23-21-19-17-15-13-11-9-7-2/h8,10,14,16,20,22,26-28,30-32,35,37,55-56H,6-7,9,11-13,15,17-19,21,23-25,29,33-34,36,38-54H2,1-5H3/b10-8+,16-14+,22-20+,28-26+,31-27+,32-30+,37-35+. The van der Waals surface area contributed by atoms with Gasteiger partial charge in [0.2, 0.25) is 0 Å². The molecule has 0 aliphatic heterocycles. The van der Waals surface area contributed by atoms with E-state index in [1.807, 2.05) is 0 Å². The Hall–Kier alpha value is -3.49. The summed E-state index contributed by atoms with van der Waals surface area (Å²) in [6.07, 6.45) is 64.7. The number of unbranched alkanes of at least 4 members (excludes halogenated alkanes) is 20. The van der Waals surface area contributed by atoms with Crippen LogP contribution in [0.25, 0.3) is 0 Å². The lowest BCUT2D eigenvalue weighted by Gasteiger charge is -2.34. The van der Waals surface area contributed by atoms with Gasteiger partial charge >= 0.3 is 11.9 Å². The fraction of sp³-hybridized carbons (Fsp3) is 0.712. The largest absolute Gasteiger partial charge is 0.544 e. The number of quaternary nitrogens is 1. The van der Waals surface area contributed by atoms with Gasteiger partial charge in [0.15, 0.2) is 6.10 Å². The quantitative estimate of drug-likeness (QED) is 0.0259. The van der Waals surface area contributed by atoms with Crippen molar-refractivity contribution in [3.8, 4) is 0 Å². The molecule has 0 spiro atoms. The molecule has 0 fully saturated rings. The third kappa shape index (κ3) is 47.4. The second kappa shape index (κ2) is 48.9. The molecule has 67 heavy (non-hydrogen) atoms. The zero-order valence-electron chi connectivity index (χ0n) is 43.8. The summed E-state index contributed by atoms with van der Waals surface area (Å²) in [6, 6.07) is -0.736. The van der Waals surface area contributed by atoms with Gasteiger partial charge in [-0.05, 0) is 89.9 Å². The van der Waals surface area contributed by atoms with Crippen LogP contribution in [0.5, 0.6) is 0 Å². The van der Waals surface area contributed by atoms with Crippen LogP contribution in [-0.4, -0.2) is 75.5 Å². The van der Waals surface area contributed by atoms with Crippen LogP contribution in [0.1, 0.15) is 219 Å². The number of hydrogen-bond acceptors (Lipinski definition) is 7. The maximum atomic E-state index is 12.8. The number of rotatable bonds is 48. The number of carbonyl (C=O) groups excluding carboxylic acids is 3. The van der Waals surface area contributed by atoms with Crippen LogP contribution in [0.15, 0.2) is 85.1 Å². The van der Waals surface area contributed by atoms with E-state index in [4.69, 9.17) is 14.2 Å². The molecule has 0 aromatic carbocycles. The summed E-state index contributed by atoms with van der Waals surface area (Å²) < 4.78 is 17.2. The average molecular weight is 936 g/mol. The van der Waals surface area contributed by atoms with Gasteiger partial charge in [-0.25, -0.2) is 0 Å². The summed E-state index contributed by atoms with van der Waals surface area (Å²) in [7, 11) is 5.40. The Labute approximate surface area is 412 Å². The highest BCUT2D eigenvalue weighted by molar-refractivity contribution is 5.70. The second-order valence-electron chi connectivity index (χ2n) is 19.1. The lowest BCUT2D eigenvalue weighted by molar-refractivity contribution is -0.889. The first kappa shape index (κ1) is 63.5. The minimum Gasteiger partial charge on any atom is -0.544 e. The van der Waals surface area contributed by atoms with Gasteiger partial charge in [-0.2, -0.15) is 0 Å². The highest BCUT2D eigenvalue weighted by Crippen LogP contribution is 2.14. The Balaban J connectivity index is 4.29. The van der Waals surface area contributed by atoms with Crippen LogP contribution in [0.4, 0.5) is 0 Å². The molecule has 8 heteroatoms. The van der Waals surface area contributed by atoms with Crippen LogP contribution >= 0.6 is 0 Å². The molecule has 0 radical (unpaired) electrons. The van der Waals surface area contributed by atoms with Gasteiger partial charge in [0.05, 0.1) is 40.3 Å². The zero-order chi connectivity index (χ0) is 49.2. The van der Waals surface area contributed by atoms with Crippen molar-refractivity contribution in [3.63, 3.8) is 0 Å². The van der Waals surface area contributed by atoms with E-state index in [9.17, 15) is 19.5 Å². The van der Waals surface area contributed by atoms with Gasteiger partial charge < -0.3 is 28.6 Å². The first-order valence-electron chi connectivity index (χ1n) is 27.1. The van der Waals surface area contributed by atoms with E-state index < -0.39 is 18.1 Å². The number of ether oxygens (including phenoxy) is 3. The highest BCUT2D eigenvalue weighted by Gasteiger charge is 2.25. The molecule has 2 atom stereocenters. The molecule has 0 saturated carbocycles. The molecule has 2 unspecified atom stereocenters. The third-order valence-electron chi connectivity index (χ3n) is 11.8. The van der Waals surface area contributed by atoms with Crippen LogP contribution in [0.3, 0.4) is 0 Å². The monoisotopic (exact) mass is 936 g/mol. The van der Waals surface area contributed by atoms with E-state index in [-0.39, 0.29) is 42.7 Å². The number of esters is 2. The molecule has 0 N–H and O–H groups in total. The summed E-state index contributed by atoms with van der Waals surface area (Å²) in [6.45, 7) is 4.53. The van der Waals surface area contributed by atoms with Crippen molar-refractivity contribution in [1.82, 2.24) is 0 Å². The van der Waals surface area contributed by atoms with Crippen molar-refractivity contribution < 1.29 is 38.2 Å². The smallest absolute Gasteiger partial charge is 0.306 e. The zero-order valence-corrected chi connectivity index (χ0v) is 43.8. The lowest BCUT2D eigenvalue weighted by atomic mass is 10.1. The molecule has 0 saturated heterocycles. The molecule has 0 rings (SSSR count). The first-order chi connectivity index (χ1) is 32.6. The Bertz CT molecular complexity index is 1370. The lowest BCUT2D eigenvalue weighted by Crippen LogP contribution is -2.55. The number of likely N-dealkylation sites (N-methyl/N-ethyl adjacent to an activating group) is 1. The van der Waals surface area contributed by atoms with Gasteiger partial charge in [-0.15, -0.1) is 0 Å². The molecular formula is C59H101NO7. The fourth-order valence-electron chi connectivity index (χ4n) is 7.60. The minimum atomic E-state index is -1.13. The fourth-order valence-corrected chi connectivity index (χ4v) is 7.60. The van der Waals surface area contributed by atoms with Crippen molar-refractivity contribution in [3.05, 3.63) is 85.1 Å². The van der Waals surface area contributed by atoms with Crippen molar-refractivity contribution in [2.24, 2.45) is 0 Å². The molecule has 0 aromatic rings. The van der Waals surface area contributed by atoms with Crippen molar-refractivity contribution in [1.29, 1.82) is 0 Å². The topological polar surface area (TPSA) is 102 Å². The minimum absolute atomic E-state index is 0.0268. The molecule has 0 aromatic heterocycles. The Kier molecular flexibility index (Phi) is 46.4. The normalized spacial score (nSPS) is 13.5. The van der Waals surface area contributed by atoms with Crippen molar-refractivity contribution in [2.75, 3.05) is 41.0 Å². The van der Waals surface area contributed by atoms with Crippen molar-refractivity contribution in [2.45, 2.75) is 231 Å².